The number of rotatable bonds is 3. The maximum absolute atomic E-state index is 12.0. The van der Waals surface area contributed by atoms with Crippen LogP contribution in [0.25, 0.3) is 0 Å². The van der Waals surface area contributed by atoms with E-state index in [1.165, 1.54) is 5.56 Å². The molecule has 2 atom stereocenters. The first-order chi connectivity index (χ1) is 8.65. The second-order valence-electron chi connectivity index (χ2n) is 4.78. The number of hydrogen-bond acceptors (Lipinski definition) is 3. The SMILES string of the molecule is CC(c1ccccc1)N1CCN(C)C(=O)C1CO. The van der Waals surface area contributed by atoms with Crippen molar-refractivity contribution in [1.82, 2.24) is 9.80 Å². The average Bonchev–Trinajstić information content (AvgIpc) is 2.42. The van der Waals surface area contributed by atoms with Crippen LogP contribution in [0, 0.1) is 0 Å². The van der Waals surface area contributed by atoms with Gasteiger partial charge in [-0.15, -0.1) is 0 Å². The molecule has 1 aromatic rings. The van der Waals surface area contributed by atoms with E-state index in [2.05, 4.69) is 24.0 Å². The van der Waals surface area contributed by atoms with E-state index in [4.69, 9.17) is 0 Å². The number of benzene rings is 1. The van der Waals surface area contributed by atoms with E-state index in [-0.39, 0.29) is 18.6 Å². The topological polar surface area (TPSA) is 43.8 Å². The molecule has 4 nitrogen and oxygen atoms in total. The Morgan fingerprint density at radius 3 is 2.61 bits per heavy atom. The summed E-state index contributed by atoms with van der Waals surface area (Å²) in [5, 5.41) is 9.46. The zero-order valence-electron chi connectivity index (χ0n) is 10.9. The van der Waals surface area contributed by atoms with Crippen LogP contribution in [0.15, 0.2) is 30.3 Å². The van der Waals surface area contributed by atoms with Crippen molar-refractivity contribution in [2.45, 2.75) is 19.0 Å². The number of likely N-dealkylation sites (N-methyl/N-ethyl adjacent to an activating group) is 1. The smallest absolute Gasteiger partial charge is 0.242 e. The number of aliphatic hydroxyl groups is 1. The molecule has 0 spiro atoms. The van der Waals surface area contributed by atoms with Gasteiger partial charge in [0.15, 0.2) is 0 Å². The van der Waals surface area contributed by atoms with Crippen LogP contribution in [0.5, 0.6) is 0 Å². The van der Waals surface area contributed by atoms with E-state index in [0.717, 1.165) is 6.54 Å². The summed E-state index contributed by atoms with van der Waals surface area (Å²) in [7, 11) is 1.79. The summed E-state index contributed by atoms with van der Waals surface area (Å²) < 4.78 is 0. The van der Waals surface area contributed by atoms with E-state index >= 15 is 0 Å². The molecule has 1 amide bonds. The number of hydrogen-bond donors (Lipinski definition) is 1. The lowest BCUT2D eigenvalue weighted by Crippen LogP contribution is -2.57. The Morgan fingerprint density at radius 1 is 1.33 bits per heavy atom. The third-order valence-corrected chi connectivity index (χ3v) is 3.71. The van der Waals surface area contributed by atoms with Crippen molar-refractivity contribution in [3.05, 3.63) is 35.9 Å². The Morgan fingerprint density at radius 2 is 2.00 bits per heavy atom. The molecule has 2 rings (SSSR count). The fourth-order valence-corrected chi connectivity index (χ4v) is 2.50. The van der Waals surface area contributed by atoms with Gasteiger partial charge in [-0.1, -0.05) is 30.3 Å². The van der Waals surface area contributed by atoms with Crippen LogP contribution >= 0.6 is 0 Å². The molecule has 1 fully saturated rings. The Bertz CT molecular complexity index is 408. The monoisotopic (exact) mass is 248 g/mol. The highest BCUT2D eigenvalue weighted by molar-refractivity contribution is 5.82. The molecule has 1 N–H and O–H groups in total. The summed E-state index contributed by atoms with van der Waals surface area (Å²) in [5.41, 5.74) is 1.17. The van der Waals surface area contributed by atoms with Gasteiger partial charge >= 0.3 is 0 Å². The third kappa shape index (κ3) is 2.40. The zero-order valence-corrected chi connectivity index (χ0v) is 10.9. The van der Waals surface area contributed by atoms with E-state index in [0.29, 0.717) is 6.54 Å². The Kier molecular flexibility index (Phi) is 3.99. The highest BCUT2D eigenvalue weighted by Gasteiger charge is 2.35. The summed E-state index contributed by atoms with van der Waals surface area (Å²) in [5.74, 6) is 0.00605. The maximum Gasteiger partial charge on any atom is 0.242 e. The van der Waals surface area contributed by atoms with E-state index in [1.807, 2.05) is 18.2 Å². The van der Waals surface area contributed by atoms with Gasteiger partial charge in [-0.05, 0) is 12.5 Å². The van der Waals surface area contributed by atoms with Gasteiger partial charge in [0, 0.05) is 26.2 Å². The first-order valence-electron chi connectivity index (χ1n) is 6.31. The second-order valence-corrected chi connectivity index (χ2v) is 4.78. The van der Waals surface area contributed by atoms with Crippen LogP contribution in [0.2, 0.25) is 0 Å². The number of carbonyl (C=O) groups is 1. The molecule has 1 aromatic carbocycles. The number of amides is 1. The molecule has 0 radical (unpaired) electrons. The fourth-order valence-electron chi connectivity index (χ4n) is 2.50. The quantitative estimate of drug-likeness (QED) is 0.863. The van der Waals surface area contributed by atoms with E-state index in [9.17, 15) is 9.90 Å². The fraction of sp³-hybridized carbons (Fsp3) is 0.500. The summed E-state index contributed by atoms with van der Waals surface area (Å²) in [4.78, 5) is 15.8. The van der Waals surface area contributed by atoms with E-state index in [1.54, 1.807) is 11.9 Å². The van der Waals surface area contributed by atoms with Crippen molar-refractivity contribution in [3.8, 4) is 0 Å². The van der Waals surface area contributed by atoms with Gasteiger partial charge in [-0.25, -0.2) is 0 Å². The lowest BCUT2D eigenvalue weighted by atomic mass is 10.0. The molecule has 0 saturated carbocycles. The van der Waals surface area contributed by atoms with Crippen molar-refractivity contribution in [3.63, 3.8) is 0 Å². The minimum atomic E-state index is -0.418. The zero-order chi connectivity index (χ0) is 13.1. The van der Waals surface area contributed by atoms with Crippen molar-refractivity contribution in [1.29, 1.82) is 0 Å². The minimum absolute atomic E-state index is 0.00605. The maximum atomic E-state index is 12.0. The predicted molar refractivity (Wildman–Crippen MR) is 70.1 cm³/mol. The van der Waals surface area contributed by atoms with Crippen LogP contribution in [-0.2, 0) is 4.79 Å². The Hall–Kier alpha value is -1.39. The van der Waals surface area contributed by atoms with Gasteiger partial charge in [0.25, 0.3) is 0 Å². The number of carbonyl (C=O) groups excluding carboxylic acids is 1. The lowest BCUT2D eigenvalue weighted by Gasteiger charge is -2.41. The normalized spacial score (nSPS) is 23.2. The molecule has 0 aliphatic carbocycles. The largest absolute Gasteiger partial charge is 0.394 e. The Labute approximate surface area is 108 Å². The summed E-state index contributed by atoms with van der Waals surface area (Å²) in [6.07, 6.45) is 0. The molecule has 2 unspecified atom stereocenters. The molecule has 98 valence electrons. The highest BCUT2D eigenvalue weighted by Crippen LogP contribution is 2.24. The Balaban J connectivity index is 2.19. The minimum Gasteiger partial charge on any atom is -0.394 e. The second kappa shape index (κ2) is 5.50. The van der Waals surface area contributed by atoms with Crippen LogP contribution in [0.1, 0.15) is 18.5 Å². The molecule has 1 saturated heterocycles. The number of aliphatic hydroxyl groups excluding tert-OH is 1. The molecular formula is C14H20N2O2. The lowest BCUT2D eigenvalue weighted by molar-refractivity contribution is -0.143. The standard InChI is InChI=1S/C14H20N2O2/c1-11(12-6-4-3-5-7-12)16-9-8-15(2)14(18)13(16)10-17/h3-7,11,13,17H,8-10H2,1-2H3. The molecule has 1 heterocycles. The highest BCUT2D eigenvalue weighted by atomic mass is 16.3. The molecule has 0 bridgehead atoms. The van der Waals surface area contributed by atoms with E-state index < -0.39 is 6.04 Å². The number of piperazine rings is 1. The third-order valence-electron chi connectivity index (χ3n) is 3.71. The predicted octanol–water partition coefficient (Wildman–Crippen LogP) is 0.882. The van der Waals surface area contributed by atoms with Gasteiger partial charge < -0.3 is 10.0 Å². The summed E-state index contributed by atoms with van der Waals surface area (Å²) in [6.45, 7) is 3.47. The van der Waals surface area contributed by atoms with Crippen molar-refractivity contribution >= 4 is 5.91 Å². The van der Waals surface area contributed by atoms with Gasteiger partial charge in [0.1, 0.15) is 6.04 Å². The first-order valence-corrected chi connectivity index (χ1v) is 6.31. The summed E-state index contributed by atoms with van der Waals surface area (Å²) in [6, 6.07) is 9.81. The molecule has 1 aliphatic heterocycles. The molecule has 1 aliphatic rings. The van der Waals surface area contributed by atoms with Gasteiger partial charge in [-0.3, -0.25) is 9.69 Å². The summed E-state index contributed by atoms with van der Waals surface area (Å²) >= 11 is 0. The number of nitrogens with zero attached hydrogens (tertiary/aromatic N) is 2. The van der Waals surface area contributed by atoms with Crippen molar-refractivity contribution < 1.29 is 9.90 Å². The molecule has 18 heavy (non-hydrogen) atoms. The molecule has 0 aromatic heterocycles. The van der Waals surface area contributed by atoms with Gasteiger partial charge in [-0.2, -0.15) is 0 Å². The van der Waals surface area contributed by atoms with Gasteiger partial charge in [0.2, 0.25) is 5.91 Å². The van der Waals surface area contributed by atoms with Crippen LogP contribution in [-0.4, -0.2) is 53.6 Å². The van der Waals surface area contributed by atoms with Gasteiger partial charge in [0.05, 0.1) is 6.61 Å². The average molecular weight is 248 g/mol. The molecule has 4 heteroatoms. The molecular weight excluding hydrogens is 228 g/mol. The van der Waals surface area contributed by atoms with Crippen LogP contribution in [0.3, 0.4) is 0 Å². The van der Waals surface area contributed by atoms with Crippen LogP contribution < -0.4 is 0 Å². The first kappa shape index (κ1) is 13.1. The van der Waals surface area contributed by atoms with Crippen LogP contribution in [0.4, 0.5) is 0 Å². The van der Waals surface area contributed by atoms with Crippen molar-refractivity contribution in [2.75, 3.05) is 26.7 Å². The van der Waals surface area contributed by atoms with Crippen molar-refractivity contribution in [2.24, 2.45) is 0 Å².